The molecular weight excluding hydrogens is 238 g/mol. The van der Waals surface area contributed by atoms with Crippen LogP contribution < -0.4 is 15.2 Å². The van der Waals surface area contributed by atoms with Gasteiger partial charge in [0.25, 0.3) is 0 Å². The number of benzene rings is 2. The number of ether oxygens (including phenoxy) is 2. The topological polar surface area (TPSA) is 44.5 Å². The zero-order chi connectivity index (χ0) is 13.2. The van der Waals surface area contributed by atoms with E-state index in [1.54, 1.807) is 0 Å². The largest absolute Gasteiger partial charge is 0.486 e. The fourth-order valence-electron chi connectivity index (χ4n) is 2.37. The van der Waals surface area contributed by atoms with Crippen LogP contribution in [0.2, 0.25) is 0 Å². The van der Waals surface area contributed by atoms with E-state index in [0.717, 1.165) is 17.1 Å². The number of para-hydroxylation sites is 2. The van der Waals surface area contributed by atoms with Gasteiger partial charge in [0.2, 0.25) is 0 Å². The molecule has 0 fully saturated rings. The first kappa shape index (κ1) is 12.1. The normalized spacial score (nSPS) is 18.9. The molecule has 1 aliphatic rings. The molecule has 3 nitrogen and oxygen atoms in total. The average Bonchev–Trinajstić information content (AvgIpc) is 2.46. The van der Waals surface area contributed by atoms with Crippen molar-refractivity contribution in [2.24, 2.45) is 5.73 Å². The molecule has 1 heterocycles. The Hall–Kier alpha value is -2.00. The molecule has 3 rings (SSSR count). The summed E-state index contributed by atoms with van der Waals surface area (Å²) in [6.45, 7) is 2.54. The van der Waals surface area contributed by atoms with Crippen LogP contribution in [0.4, 0.5) is 0 Å². The quantitative estimate of drug-likeness (QED) is 0.897. The monoisotopic (exact) mass is 255 g/mol. The van der Waals surface area contributed by atoms with Gasteiger partial charge >= 0.3 is 0 Å². The van der Waals surface area contributed by atoms with E-state index in [2.05, 4.69) is 13.0 Å². The van der Waals surface area contributed by atoms with E-state index in [1.165, 1.54) is 5.56 Å². The highest BCUT2D eigenvalue weighted by atomic mass is 16.6. The highest BCUT2D eigenvalue weighted by Gasteiger charge is 2.28. The molecule has 2 aromatic rings. The lowest BCUT2D eigenvalue weighted by Crippen LogP contribution is -2.39. The molecule has 2 N–H and O–H groups in total. The Balaban J connectivity index is 1.83. The van der Waals surface area contributed by atoms with Crippen LogP contribution in [-0.4, -0.2) is 12.7 Å². The summed E-state index contributed by atoms with van der Waals surface area (Å²) in [6.07, 6.45) is -0.156. The van der Waals surface area contributed by atoms with Crippen molar-refractivity contribution in [2.75, 3.05) is 6.61 Å². The highest BCUT2D eigenvalue weighted by molar-refractivity contribution is 5.41. The number of fused-ring (bicyclic) bond motifs is 1. The maximum absolute atomic E-state index is 6.32. The molecule has 19 heavy (non-hydrogen) atoms. The molecule has 0 saturated heterocycles. The van der Waals surface area contributed by atoms with E-state index in [9.17, 15) is 0 Å². The van der Waals surface area contributed by atoms with Crippen LogP contribution in [0.1, 0.15) is 17.2 Å². The average molecular weight is 255 g/mol. The Bertz CT molecular complexity index is 582. The molecule has 2 aromatic carbocycles. The second-order valence-corrected chi connectivity index (χ2v) is 4.80. The minimum Gasteiger partial charge on any atom is -0.486 e. The van der Waals surface area contributed by atoms with Crippen LogP contribution in [0.15, 0.2) is 48.5 Å². The van der Waals surface area contributed by atoms with Crippen LogP contribution in [0.25, 0.3) is 0 Å². The van der Waals surface area contributed by atoms with Crippen molar-refractivity contribution in [1.29, 1.82) is 0 Å². The molecule has 0 amide bonds. The zero-order valence-corrected chi connectivity index (χ0v) is 10.9. The van der Waals surface area contributed by atoms with E-state index < -0.39 is 0 Å². The number of hydrogen-bond donors (Lipinski definition) is 1. The molecule has 1 aliphatic heterocycles. The Morgan fingerprint density at radius 2 is 1.74 bits per heavy atom. The predicted octanol–water partition coefficient (Wildman–Crippen LogP) is 2.83. The van der Waals surface area contributed by atoms with E-state index >= 15 is 0 Å². The van der Waals surface area contributed by atoms with E-state index in [0.29, 0.717) is 6.61 Å². The molecule has 0 aromatic heterocycles. The lowest BCUT2D eigenvalue weighted by Gasteiger charge is -2.31. The van der Waals surface area contributed by atoms with E-state index in [1.807, 2.05) is 42.5 Å². The van der Waals surface area contributed by atoms with Crippen molar-refractivity contribution in [1.82, 2.24) is 0 Å². The van der Waals surface area contributed by atoms with E-state index in [4.69, 9.17) is 15.2 Å². The molecule has 0 saturated carbocycles. The van der Waals surface area contributed by atoms with Gasteiger partial charge in [-0.1, -0.05) is 36.4 Å². The van der Waals surface area contributed by atoms with Gasteiger partial charge in [0.1, 0.15) is 6.61 Å². The molecule has 0 radical (unpaired) electrons. The van der Waals surface area contributed by atoms with Gasteiger partial charge in [0, 0.05) is 0 Å². The van der Waals surface area contributed by atoms with Gasteiger partial charge in [-0.05, 0) is 30.2 Å². The van der Waals surface area contributed by atoms with Crippen molar-refractivity contribution in [3.63, 3.8) is 0 Å². The second kappa shape index (κ2) is 4.94. The van der Waals surface area contributed by atoms with Gasteiger partial charge < -0.3 is 15.2 Å². The van der Waals surface area contributed by atoms with Crippen LogP contribution in [0, 0.1) is 6.92 Å². The number of hydrogen-bond acceptors (Lipinski definition) is 3. The third-order valence-electron chi connectivity index (χ3n) is 3.48. The first-order valence-corrected chi connectivity index (χ1v) is 6.45. The first-order valence-electron chi connectivity index (χ1n) is 6.45. The minimum absolute atomic E-state index is 0.156. The molecule has 98 valence electrons. The molecule has 0 aliphatic carbocycles. The standard InChI is InChI=1S/C16H17NO2/c1-11-6-2-3-7-12(11)16(17)15-10-18-13-8-4-5-9-14(13)19-15/h2-9,15-16H,10,17H2,1H3. The summed E-state index contributed by atoms with van der Waals surface area (Å²) in [5.74, 6) is 1.55. The summed E-state index contributed by atoms with van der Waals surface area (Å²) in [5.41, 5.74) is 8.61. The smallest absolute Gasteiger partial charge is 0.161 e. The third kappa shape index (κ3) is 2.29. The van der Waals surface area contributed by atoms with Crippen molar-refractivity contribution >= 4 is 0 Å². The molecule has 0 bridgehead atoms. The van der Waals surface area contributed by atoms with Crippen molar-refractivity contribution in [2.45, 2.75) is 19.1 Å². The van der Waals surface area contributed by atoms with Gasteiger partial charge in [-0.3, -0.25) is 0 Å². The first-order chi connectivity index (χ1) is 9.25. The predicted molar refractivity (Wildman–Crippen MR) is 74.5 cm³/mol. The van der Waals surface area contributed by atoms with Crippen molar-refractivity contribution < 1.29 is 9.47 Å². The van der Waals surface area contributed by atoms with Gasteiger partial charge in [-0.25, -0.2) is 0 Å². The molecule has 0 spiro atoms. The summed E-state index contributed by atoms with van der Waals surface area (Å²) in [7, 11) is 0. The summed E-state index contributed by atoms with van der Waals surface area (Å²) in [5, 5.41) is 0. The van der Waals surface area contributed by atoms with Crippen molar-refractivity contribution in [3.05, 3.63) is 59.7 Å². The number of aryl methyl sites for hydroxylation is 1. The third-order valence-corrected chi connectivity index (χ3v) is 3.48. The van der Waals surface area contributed by atoms with Gasteiger partial charge in [0.05, 0.1) is 6.04 Å². The minimum atomic E-state index is -0.186. The fourth-order valence-corrected chi connectivity index (χ4v) is 2.37. The Morgan fingerprint density at radius 3 is 2.53 bits per heavy atom. The summed E-state index contributed by atoms with van der Waals surface area (Å²) >= 11 is 0. The van der Waals surface area contributed by atoms with Gasteiger partial charge in [0.15, 0.2) is 17.6 Å². The Morgan fingerprint density at radius 1 is 1.05 bits per heavy atom. The van der Waals surface area contributed by atoms with Crippen LogP contribution in [0.5, 0.6) is 11.5 Å². The molecular formula is C16H17NO2. The summed E-state index contributed by atoms with van der Waals surface area (Å²) in [6, 6.07) is 15.6. The summed E-state index contributed by atoms with van der Waals surface area (Å²) < 4.78 is 11.7. The second-order valence-electron chi connectivity index (χ2n) is 4.80. The maximum Gasteiger partial charge on any atom is 0.161 e. The molecule has 2 atom stereocenters. The maximum atomic E-state index is 6.32. The Labute approximate surface area is 113 Å². The lowest BCUT2D eigenvalue weighted by atomic mass is 9.97. The van der Waals surface area contributed by atoms with Gasteiger partial charge in [-0.2, -0.15) is 0 Å². The number of rotatable bonds is 2. The number of nitrogens with two attached hydrogens (primary N) is 1. The SMILES string of the molecule is Cc1ccccc1C(N)C1COc2ccccc2O1. The zero-order valence-electron chi connectivity index (χ0n) is 10.9. The molecule has 3 heteroatoms. The van der Waals surface area contributed by atoms with Crippen LogP contribution in [0.3, 0.4) is 0 Å². The Kier molecular flexibility index (Phi) is 3.13. The van der Waals surface area contributed by atoms with Crippen LogP contribution >= 0.6 is 0 Å². The lowest BCUT2D eigenvalue weighted by molar-refractivity contribution is 0.0720. The fraction of sp³-hybridized carbons (Fsp3) is 0.250. The summed E-state index contributed by atoms with van der Waals surface area (Å²) in [4.78, 5) is 0. The van der Waals surface area contributed by atoms with E-state index in [-0.39, 0.29) is 12.1 Å². The van der Waals surface area contributed by atoms with Crippen LogP contribution in [-0.2, 0) is 0 Å². The van der Waals surface area contributed by atoms with Crippen molar-refractivity contribution in [3.8, 4) is 11.5 Å². The highest BCUT2D eigenvalue weighted by Crippen LogP contribution is 2.34. The van der Waals surface area contributed by atoms with Gasteiger partial charge in [-0.15, -0.1) is 0 Å². The molecule has 2 unspecified atom stereocenters.